The van der Waals surface area contributed by atoms with Crippen molar-refractivity contribution in [2.45, 2.75) is 33.1 Å². The Labute approximate surface area is 97.6 Å². The third kappa shape index (κ3) is 4.31. The molecule has 92 valence electrons. The first-order valence-corrected chi connectivity index (χ1v) is 6.13. The Hall–Kier alpha value is -0.900. The summed E-state index contributed by atoms with van der Waals surface area (Å²) in [5.41, 5.74) is 0. The molecule has 0 atom stereocenters. The van der Waals surface area contributed by atoms with E-state index in [2.05, 4.69) is 4.90 Å². The predicted molar refractivity (Wildman–Crippen MR) is 63.2 cm³/mol. The molecule has 0 aliphatic carbocycles. The van der Waals surface area contributed by atoms with Gasteiger partial charge in [-0.15, -0.1) is 0 Å². The van der Waals surface area contributed by atoms with Crippen LogP contribution >= 0.6 is 0 Å². The topological polar surface area (TPSA) is 40.6 Å². The van der Waals surface area contributed by atoms with E-state index in [-0.39, 0.29) is 11.7 Å². The van der Waals surface area contributed by atoms with E-state index in [1.165, 1.54) is 0 Å². The molecule has 1 aliphatic rings. The first kappa shape index (κ1) is 13.2. The van der Waals surface area contributed by atoms with Gasteiger partial charge in [-0.05, 0) is 13.3 Å². The summed E-state index contributed by atoms with van der Waals surface area (Å²) in [5.74, 6) is 0.512. The molecule has 0 spiro atoms. The van der Waals surface area contributed by atoms with E-state index in [0.29, 0.717) is 12.8 Å². The fourth-order valence-corrected chi connectivity index (χ4v) is 1.91. The molecule has 0 saturated carbocycles. The molecule has 16 heavy (non-hydrogen) atoms. The van der Waals surface area contributed by atoms with Gasteiger partial charge in [0, 0.05) is 45.6 Å². The molecular formula is C12H22N2O2. The molecule has 0 bridgehead atoms. The second-order valence-electron chi connectivity index (χ2n) is 4.42. The van der Waals surface area contributed by atoms with Gasteiger partial charge in [-0.25, -0.2) is 0 Å². The third-order valence-corrected chi connectivity index (χ3v) is 2.97. The van der Waals surface area contributed by atoms with Gasteiger partial charge < -0.3 is 4.90 Å². The van der Waals surface area contributed by atoms with Gasteiger partial charge in [-0.1, -0.05) is 6.92 Å². The lowest BCUT2D eigenvalue weighted by Gasteiger charge is -2.34. The van der Waals surface area contributed by atoms with Crippen molar-refractivity contribution in [3.8, 4) is 0 Å². The fourth-order valence-electron chi connectivity index (χ4n) is 1.91. The first-order valence-electron chi connectivity index (χ1n) is 6.13. The van der Waals surface area contributed by atoms with Crippen LogP contribution in [0.2, 0.25) is 0 Å². The van der Waals surface area contributed by atoms with Gasteiger partial charge in [0.05, 0.1) is 0 Å². The Kier molecular flexibility index (Phi) is 5.46. The number of Topliss-reactive ketones (excluding diaryl/α,β-unsaturated/α-hetero) is 1. The van der Waals surface area contributed by atoms with Crippen LogP contribution in [-0.2, 0) is 9.59 Å². The zero-order valence-electron chi connectivity index (χ0n) is 10.4. The van der Waals surface area contributed by atoms with Crippen molar-refractivity contribution in [1.29, 1.82) is 0 Å². The van der Waals surface area contributed by atoms with E-state index in [0.717, 1.165) is 39.1 Å². The molecule has 0 aromatic carbocycles. The van der Waals surface area contributed by atoms with Crippen molar-refractivity contribution in [2.75, 3.05) is 32.7 Å². The first-order chi connectivity index (χ1) is 7.63. The highest BCUT2D eigenvalue weighted by Crippen LogP contribution is 2.05. The highest BCUT2D eigenvalue weighted by Gasteiger charge is 2.19. The maximum atomic E-state index is 11.6. The Bertz CT molecular complexity index is 245. The largest absolute Gasteiger partial charge is 0.340 e. The Morgan fingerprint density at radius 1 is 1.06 bits per heavy atom. The van der Waals surface area contributed by atoms with Gasteiger partial charge in [-0.3, -0.25) is 14.5 Å². The number of rotatable bonds is 5. The van der Waals surface area contributed by atoms with Gasteiger partial charge in [0.25, 0.3) is 0 Å². The number of piperazine rings is 1. The predicted octanol–water partition coefficient (Wildman–Crippen LogP) is 0.910. The molecule has 1 saturated heterocycles. The molecule has 0 aromatic rings. The van der Waals surface area contributed by atoms with Crippen molar-refractivity contribution in [2.24, 2.45) is 0 Å². The van der Waals surface area contributed by atoms with Crippen molar-refractivity contribution in [1.82, 2.24) is 9.80 Å². The van der Waals surface area contributed by atoms with Crippen LogP contribution in [0.5, 0.6) is 0 Å². The van der Waals surface area contributed by atoms with E-state index >= 15 is 0 Å². The number of nitrogens with zero attached hydrogens (tertiary/aromatic N) is 2. The highest BCUT2D eigenvalue weighted by molar-refractivity contribution is 5.76. The lowest BCUT2D eigenvalue weighted by molar-refractivity contribution is -0.133. The van der Waals surface area contributed by atoms with Crippen LogP contribution in [0.4, 0.5) is 0 Å². The van der Waals surface area contributed by atoms with E-state index in [1.807, 2.05) is 11.8 Å². The van der Waals surface area contributed by atoms with Crippen LogP contribution < -0.4 is 0 Å². The van der Waals surface area contributed by atoms with Crippen LogP contribution in [0.15, 0.2) is 0 Å². The summed E-state index contributed by atoms with van der Waals surface area (Å²) in [6, 6.07) is 0. The maximum Gasteiger partial charge on any atom is 0.222 e. The van der Waals surface area contributed by atoms with Crippen LogP contribution in [0, 0.1) is 0 Å². The summed E-state index contributed by atoms with van der Waals surface area (Å²) in [7, 11) is 0. The second kappa shape index (κ2) is 6.63. The van der Waals surface area contributed by atoms with Gasteiger partial charge in [0.2, 0.25) is 5.91 Å². The monoisotopic (exact) mass is 226 g/mol. The van der Waals surface area contributed by atoms with Crippen LogP contribution in [0.25, 0.3) is 0 Å². The number of ketones is 1. The second-order valence-corrected chi connectivity index (χ2v) is 4.42. The molecule has 0 radical (unpaired) electrons. The summed E-state index contributed by atoms with van der Waals surface area (Å²) in [5, 5.41) is 0. The van der Waals surface area contributed by atoms with E-state index in [1.54, 1.807) is 6.92 Å². The lowest BCUT2D eigenvalue weighted by Crippen LogP contribution is -2.48. The van der Waals surface area contributed by atoms with Gasteiger partial charge in [0.1, 0.15) is 5.78 Å². The van der Waals surface area contributed by atoms with E-state index in [9.17, 15) is 9.59 Å². The molecule has 1 heterocycles. The Morgan fingerprint density at radius 2 is 1.69 bits per heavy atom. The zero-order chi connectivity index (χ0) is 12.0. The minimum Gasteiger partial charge on any atom is -0.340 e. The summed E-state index contributed by atoms with van der Waals surface area (Å²) < 4.78 is 0. The van der Waals surface area contributed by atoms with Gasteiger partial charge in [-0.2, -0.15) is 0 Å². The summed E-state index contributed by atoms with van der Waals surface area (Å²) in [4.78, 5) is 26.7. The minimum atomic E-state index is 0.240. The van der Waals surface area contributed by atoms with Crippen molar-refractivity contribution < 1.29 is 9.59 Å². The van der Waals surface area contributed by atoms with E-state index < -0.39 is 0 Å². The average molecular weight is 226 g/mol. The molecule has 1 aliphatic heterocycles. The molecule has 4 heteroatoms. The van der Waals surface area contributed by atoms with Gasteiger partial charge >= 0.3 is 0 Å². The molecule has 0 aromatic heterocycles. The number of hydrogen-bond acceptors (Lipinski definition) is 3. The third-order valence-electron chi connectivity index (χ3n) is 2.97. The quantitative estimate of drug-likeness (QED) is 0.699. The molecule has 1 rings (SSSR count). The van der Waals surface area contributed by atoms with Crippen molar-refractivity contribution in [3.05, 3.63) is 0 Å². The summed E-state index contributed by atoms with van der Waals surface area (Å²) in [6.45, 7) is 7.94. The summed E-state index contributed by atoms with van der Waals surface area (Å²) >= 11 is 0. The van der Waals surface area contributed by atoms with E-state index in [4.69, 9.17) is 0 Å². The van der Waals surface area contributed by atoms with Crippen LogP contribution in [0.3, 0.4) is 0 Å². The Morgan fingerprint density at radius 3 is 2.19 bits per heavy atom. The maximum absolute atomic E-state index is 11.6. The van der Waals surface area contributed by atoms with Crippen LogP contribution in [0.1, 0.15) is 33.1 Å². The number of hydrogen-bond donors (Lipinski definition) is 0. The normalized spacial score (nSPS) is 17.5. The summed E-state index contributed by atoms with van der Waals surface area (Å²) in [6.07, 6.45) is 2.21. The standard InChI is InChI=1S/C12H22N2O2/c1-3-4-12(16)14-9-7-13(8-10-14)6-5-11(2)15/h3-10H2,1-2H3. The molecule has 0 N–H and O–H groups in total. The Balaban J connectivity index is 2.23. The number of carbonyl (C=O) groups is 2. The van der Waals surface area contributed by atoms with Crippen molar-refractivity contribution in [3.63, 3.8) is 0 Å². The smallest absolute Gasteiger partial charge is 0.222 e. The molecule has 0 unspecified atom stereocenters. The van der Waals surface area contributed by atoms with Crippen LogP contribution in [-0.4, -0.2) is 54.2 Å². The molecule has 1 amide bonds. The molecule has 1 fully saturated rings. The number of amides is 1. The average Bonchev–Trinajstić information content (AvgIpc) is 2.27. The molecular weight excluding hydrogens is 204 g/mol. The zero-order valence-corrected chi connectivity index (χ0v) is 10.4. The van der Waals surface area contributed by atoms with Crippen molar-refractivity contribution >= 4 is 11.7 Å². The minimum absolute atomic E-state index is 0.240. The SMILES string of the molecule is CCCC(=O)N1CCN(CCC(C)=O)CC1. The number of carbonyl (C=O) groups excluding carboxylic acids is 2. The lowest BCUT2D eigenvalue weighted by atomic mass is 10.2. The molecule has 4 nitrogen and oxygen atoms in total. The fraction of sp³-hybridized carbons (Fsp3) is 0.833. The van der Waals surface area contributed by atoms with Gasteiger partial charge in [0.15, 0.2) is 0 Å². The highest BCUT2D eigenvalue weighted by atomic mass is 16.2.